The lowest BCUT2D eigenvalue weighted by atomic mass is 9.99. The highest BCUT2D eigenvalue weighted by atomic mass is 32.1. The number of carbonyl (C=O) groups excluding carboxylic acids is 2. The molecule has 0 aliphatic carbocycles. The number of anilines is 1. The molecule has 1 N–H and O–H groups in total. The number of methoxy groups -OCH3 is 1. The molecule has 2 aromatic heterocycles. The summed E-state index contributed by atoms with van der Waals surface area (Å²) < 4.78 is 16.9. The van der Waals surface area contributed by atoms with Crippen LogP contribution >= 0.6 is 11.3 Å². The fourth-order valence-corrected chi connectivity index (χ4v) is 5.13. The number of hydrogen-bond acceptors (Lipinski definition) is 8. The van der Waals surface area contributed by atoms with Crippen LogP contribution < -0.4 is 10.1 Å². The van der Waals surface area contributed by atoms with Gasteiger partial charge in [-0.3, -0.25) is 10.1 Å². The predicted octanol–water partition coefficient (Wildman–Crippen LogP) is 6.96. The summed E-state index contributed by atoms with van der Waals surface area (Å²) in [5.41, 5.74) is 3.90. The van der Waals surface area contributed by atoms with Crippen molar-refractivity contribution >= 4 is 50.2 Å². The molecular formula is C31H23N3O5S. The Kier molecular flexibility index (Phi) is 6.71. The first-order valence-corrected chi connectivity index (χ1v) is 13.4. The Hall–Kier alpha value is -5.02. The predicted molar refractivity (Wildman–Crippen MR) is 155 cm³/mol. The minimum absolute atomic E-state index is 0.310. The van der Waals surface area contributed by atoms with Crippen LogP contribution in [0, 0.1) is 0 Å². The number of para-hydroxylation sites is 2. The van der Waals surface area contributed by atoms with Crippen LogP contribution in [0.4, 0.5) is 5.13 Å². The quantitative estimate of drug-likeness (QED) is 0.215. The summed E-state index contributed by atoms with van der Waals surface area (Å²) in [7, 11) is 1.60. The number of aromatic nitrogens is 2. The van der Waals surface area contributed by atoms with Crippen LogP contribution in [0.25, 0.3) is 44.6 Å². The lowest BCUT2D eigenvalue weighted by molar-refractivity contribution is -0.123. The molecule has 1 atom stereocenters. The smallest absolute Gasteiger partial charge is 0.339 e. The Morgan fingerprint density at radius 3 is 2.58 bits per heavy atom. The molecule has 2 heterocycles. The van der Waals surface area contributed by atoms with E-state index in [1.54, 1.807) is 19.2 Å². The Balaban J connectivity index is 1.22. The number of esters is 1. The van der Waals surface area contributed by atoms with E-state index in [1.165, 1.54) is 18.3 Å². The van der Waals surface area contributed by atoms with E-state index in [4.69, 9.17) is 13.9 Å². The van der Waals surface area contributed by atoms with Crippen LogP contribution in [-0.2, 0) is 9.53 Å². The molecule has 198 valence electrons. The van der Waals surface area contributed by atoms with Crippen LogP contribution in [0.2, 0.25) is 0 Å². The highest BCUT2D eigenvalue weighted by Gasteiger charge is 2.23. The van der Waals surface area contributed by atoms with Crippen LogP contribution in [0.5, 0.6) is 5.75 Å². The van der Waals surface area contributed by atoms with Crippen molar-refractivity contribution in [2.24, 2.45) is 0 Å². The number of nitrogens with zero attached hydrogens (tertiary/aromatic N) is 2. The summed E-state index contributed by atoms with van der Waals surface area (Å²) in [6, 6.07) is 25.9. The van der Waals surface area contributed by atoms with E-state index in [0.29, 0.717) is 44.6 Å². The van der Waals surface area contributed by atoms with Crippen molar-refractivity contribution in [2.45, 2.75) is 13.0 Å². The number of carbonyl (C=O) groups is 2. The summed E-state index contributed by atoms with van der Waals surface area (Å²) in [5.74, 6) is -0.00917. The number of fused-ring (bicyclic) bond motifs is 2. The van der Waals surface area contributed by atoms with E-state index in [9.17, 15) is 9.59 Å². The molecule has 1 amide bonds. The topological polar surface area (TPSA) is 104 Å². The first-order chi connectivity index (χ1) is 19.5. The Bertz CT molecular complexity index is 1840. The van der Waals surface area contributed by atoms with Gasteiger partial charge < -0.3 is 13.9 Å². The maximum absolute atomic E-state index is 13.4. The zero-order valence-corrected chi connectivity index (χ0v) is 22.4. The number of benzene rings is 4. The number of ether oxygens (including phenoxy) is 2. The van der Waals surface area contributed by atoms with E-state index in [-0.39, 0.29) is 0 Å². The number of nitrogens with one attached hydrogen (secondary N) is 1. The van der Waals surface area contributed by atoms with Crippen LogP contribution in [0.15, 0.2) is 94.7 Å². The zero-order valence-electron chi connectivity index (χ0n) is 21.6. The van der Waals surface area contributed by atoms with Gasteiger partial charge in [-0.15, -0.1) is 11.3 Å². The molecule has 0 saturated heterocycles. The van der Waals surface area contributed by atoms with Gasteiger partial charge in [0.15, 0.2) is 16.8 Å². The van der Waals surface area contributed by atoms with Gasteiger partial charge >= 0.3 is 5.97 Å². The normalized spacial score (nSPS) is 11.8. The third kappa shape index (κ3) is 4.90. The molecule has 6 rings (SSSR count). The number of thiazole rings is 1. The first-order valence-electron chi connectivity index (χ1n) is 12.5. The van der Waals surface area contributed by atoms with Gasteiger partial charge in [-0.05, 0) is 48.7 Å². The van der Waals surface area contributed by atoms with Gasteiger partial charge in [-0.2, -0.15) is 0 Å². The SMILES string of the molecule is COc1cccc(-c2csc(NC(=O)C(C)OC(=O)c3cccc4cccc(-c5nc6ccccc6o5)c34)n2)c1. The molecule has 0 aliphatic rings. The van der Waals surface area contributed by atoms with Crippen molar-refractivity contribution in [3.63, 3.8) is 0 Å². The molecule has 0 fully saturated rings. The van der Waals surface area contributed by atoms with Gasteiger partial charge in [-0.25, -0.2) is 14.8 Å². The van der Waals surface area contributed by atoms with Crippen molar-refractivity contribution in [3.8, 4) is 28.5 Å². The van der Waals surface area contributed by atoms with Crippen molar-refractivity contribution in [1.29, 1.82) is 0 Å². The van der Waals surface area contributed by atoms with E-state index < -0.39 is 18.0 Å². The summed E-state index contributed by atoms with van der Waals surface area (Å²) in [5, 5.41) is 6.43. The van der Waals surface area contributed by atoms with Gasteiger partial charge in [0.2, 0.25) is 5.89 Å². The Labute approximate surface area is 233 Å². The van der Waals surface area contributed by atoms with Crippen molar-refractivity contribution in [2.75, 3.05) is 12.4 Å². The molecule has 0 radical (unpaired) electrons. The van der Waals surface area contributed by atoms with Gasteiger partial charge in [0.1, 0.15) is 11.3 Å². The molecule has 6 aromatic rings. The van der Waals surface area contributed by atoms with Crippen molar-refractivity contribution < 1.29 is 23.5 Å². The average Bonchev–Trinajstić information content (AvgIpc) is 3.64. The standard InChI is InChI=1S/C31H23N3O5S/c1-18(28(35)34-31-33-25(17-40-31)20-10-5-11-21(16-20)37-2)38-30(36)23-13-7-9-19-8-6-12-22(27(19)23)29-32-24-14-3-4-15-26(24)39-29/h3-18H,1-2H3,(H,33,34,35). The second-order valence-electron chi connectivity index (χ2n) is 9.00. The Morgan fingerprint density at radius 2 is 1.75 bits per heavy atom. The first kappa shape index (κ1) is 25.3. The summed E-state index contributed by atoms with van der Waals surface area (Å²) in [6.45, 7) is 1.52. The molecule has 40 heavy (non-hydrogen) atoms. The fraction of sp³-hybridized carbons (Fsp3) is 0.0968. The fourth-order valence-electron chi connectivity index (χ4n) is 4.41. The summed E-state index contributed by atoms with van der Waals surface area (Å²) in [4.78, 5) is 35.4. The number of rotatable bonds is 7. The Morgan fingerprint density at radius 1 is 0.950 bits per heavy atom. The largest absolute Gasteiger partial charge is 0.497 e. The van der Waals surface area contributed by atoms with Crippen LogP contribution in [0.1, 0.15) is 17.3 Å². The molecule has 9 heteroatoms. The number of hydrogen-bond donors (Lipinski definition) is 1. The summed E-state index contributed by atoms with van der Waals surface area (Å²) >= 11 is 1.28. The van der Waals surface area contributed by atoms with Gasteiger partial charge in [0.05, 0.1) is 18.4 Å². The second-order valence-corrected chi connectivity index (χ2v) is 9.86. The minimum atomic E-state index is -1.07. The van der Waals surface area contributed by atoms with Gasteiger partial charge in [0.25, 0.3) is 5.91 Å². The van der Waals surface area contributed by atoms with E-state index in [1.807, 2.05) is 78.2 Å². The maximum Gasteiger partial charge on any atom is 0.339 e. The molecule has 0 spiro atoms. The molecule has 0 bridgehead atoms. The molecule has 8 nitrogen and oxygen atoms in total. The molecule has 0 aliphatic heterocycles. The monoisotopic (exact) mass is 549 g/mol. The number of amides is 1. The van der Waals surface area contributed by atoms with E-state index >= 15 is 0 Å². The molecular weight excluding hydrogens is 526 g/mol. The summed E-state index contributed by atoms with van der Waals surface area (Å²) in [6.07, 6.45) is -1.07. The second kappa shape index (κ2) is 10.6. The highest BCUT2D eigenvalue weighted by Crippen LogP contribution is 2.33. The maximum atomic E-state index is 13.4. The highest BCUT2D eigenvalue weighted by molar-refractivity contribution is 7.14. The van der Waals surface area contributed by atoms with Crippen LogP contribution in [-0.4, -0.2) is 35.1 Å². The third-order valence-electron chi connectivity index (χ3n) is 6.40. The third-order valence-corrected chi connectivity index (χ3v) is 7.16. The van der Waals surface area contributed by atoms with Gasteiger partial charge in [-0.1, -0.05) is 48.5 Å². The molecule has 1 unspecified atom stereocenters. The van der Waals surface area contributed by atoms with Crippen molar-refractivity contribution in [3.05, 3.63) is 95.9 Å². The zero-order chi connectivity index (χ0) is 27.6. The van der Waals surface area contributed by atoms with E-state index in [2.05, 4.69) is 15.3 Å². The minimum Gasteiger partial charge on any atom is -0.497 e. The lowest BCUT2D eigenvalue weighted by Crippen LogP contribution is -2.30. The number of oxazole rings is 1. The molecule has 0 saturated carbocycles. The van der Waals surface area contributed by atoms with Crippen LogP contribution in [0.3, 0.4) is 0 Å². The lowest BCUT2D eigenvalue weighted by Gasteiger charge is -2.14. The van der Waals surface area contributed by atoms with E-state index in [0.717, 1.165) is 16.5 Å². The van der Waals surface area contributed by atoms with Gasteiger partial charge in [0, 0.05) is 21.9 Å². The average molecular weight is 550 g/mol. The molecule has 4 aromatic carbocycles. The van der Waals surface area contributed by atoms with Crippen molar-refractivity contribution in [1.82, 2.24) is 9.97 Å².